The minimum absolute atomic E-state index is 0.125. The number of amides is 1. The topological polar surface area (TPSA) is 105 Å². The van der Waals surface area contributed by atoms with Crippen LogP contribution in [-0.4, -0.2) is 75.2 Å². The van der Waals surface area contributed by atoms with Crippen molar-refractivity contribution in [2.45, 2.75) is 64.1 Å². The summed E-state index contributed by atoms with van der Waals surface area (Å²) in [4.78, 5) is 27.3. The van der Waals surface area contributed by atoms with Gasteiger partial charge in [-0.25, -0.2) is 4.98 Å². The number of aromatic amines is 1. The molecule has 8 nitrogen and oxygen atoms in total. The van der Waals surface area contributed by atoms with Gasteiger partial charge in [-0.2, -0.15) is 0 Å². The number of nitrogens with zero attached hydrogens (tertiary/aromatic N) is 4. The van der Waals surface area contributed by atoms with Gasteiger partial charge in [0.25, 0.3) is 5.91 Å². The number of likely N-dealkylation sites (tertiary alicyclic amines) is 2. The number of nitrogens with two attached hydrogens (primary N) is 1. The van der Waals surface area contributed by atoms with Crippen molar-refractivity contribution in [3.05, 3.63) is 53.6 Å². The molecule has 4 N–H and O–H groups in total. The molecule has 1 saturated carbocycles. The number of carbonyl (C=O) groups is 1. The van der Waals surface area contributed by atoms with Gasteiger partial charge in [0.15, 0.2) is 0 Å². The summed E-state index contributed by atoms with van der Waals surface area (Å²) in [6.45, 7) is 5.81. The van der Waals surface area contributed by atoms with Crippen LogP contribution in [0.4, 0.5) is 0 Å². The van der Waals surface area contributed by atoms with Crippen molar-refractivity contribution in [3.63, 3.8) is 0 Å². The fourth-order valence-electron chi connectivity index (χ4n) is 6.23. The number of rotatable bonds is 8. The van der Waals surface area contributed by atoms with Crippen molar-refractivity contribution in [2.75, 3.05) is 32.7 Å². The summed E-state index contributed by atoms with van der Waals surface area (Å²) in [6.07, 6.45) is 12.9. The molecule has 0 radical (unpaired) electrons. The third-order valence-electron chi connectivity index (χ3n) is 8.22. The van der Waals surface area contributed by atoms with E-state index >= 15 is 0 Å². The van der Waals surface area contributed by atoms with Crippen molar-refractivity contribution < 1.29 is 4.79 Å². The zero-order valence-electron chi connectivity index (χ0n) is 20.7. The summed E-state index contributed by atoms with van der Waals surface area (Å²) >= 11 is 0. The Kier molecular flexibility index (Phi) is 7.20. The van der Waals surface area contributed by atoms with Crippen LogP contribution in [0.25, 0.3) is 0 Å². The highest BCUT2D eigenvalue weighted by Gasteiger charge is 2.47. The number of hydrogen-bond acceptors (Lipinski definition) is 5. The molecule has 2 aromatic rings. The number of benzene rings is 1. The largest absolute Gasteiger partial charge is 0.387 e. The third-order valence-corrected chi connectivity index (χ3v) is 8.22. The number of hydrogen-bond donors (Lipinski definition) is 3. The molecule has 1 spiro atoms. The predicted octanol–water partition coefficient (Wildman–Crippen LogP) is 3.22. The molecule has 3 heterocycles. The van der Waals surface area contributed by atoms with Gasteiger partial charge in [-0.05, 0) is 56.5 Å². The van der Waals surface area contributed by atoms with Gasteiger partial charge >= 0.3 is 0 Å². The van der Waals surface area contributed by atoms with Crippen molar-refractivity contribution in [1.82, 2.24) is 24.7 Å². The van der Waals surface area contributed by atoms with E-state index in [4.69, 9.17) is 11.1 Å². The number of aromatic nitrogens is 2. The van der Waals surface area contributed by atoms with Gasteiger partial charge in [0, 0.05) is 49.0 Å². The fraction of sp³-hybridized carbons (Fsp3) is 0.593. The Bertz CT molecular complexity index is 981. The summed E-state index contributed by atoms with van der Waals surface area (Å²) < 4.78 is 0. The normalized spacial score (nSPS) is 20.8. The zero-order valence-corrected chi connectivity index (χ0v) is 20.7. The van der Waals surface area contributed by atoms with Crippen LogP contribution in [0.2, 0.25) is 0 Å². The van der Waals surface area contributed by atoms with E-state index in [2.05, 4.69) is 19.8 Å². The first kappa shape index (κ1) is 24.0. The zero-order chi connectivity index (χ0) is 24.3. The fourth-order valence-corrected chi connectivity index (χ4v) is 6.23. The summed E-state index contributed by atoms with van der Waals surface area (Å²) in [5.41, 5.74) is 7.85. The molecule has 1 aromatic heterocycles. The molecular weight excluding hydrogens is 438 g/mol. The summed E-state index contributed by atoms with van der Waals surface area (Å²) in [7, 11) is 0. The lowest BCUT2D eigenvalue weighted by Crippen LogP contribution is -2.62. The second-order valence-electron chi connectivity index (χ2n) is 10.9. The monoisotopic (exact) mass is 477 g/mol. The lowest BCUT2D eigenvalue weighted by atomic mass is 9.71. The van der Waals surface area contributed by atoms with E-state index in [9.17, 15) is 4.79 Å². The Labute approximate surface area is 208 Å². The first-order valence-corrected chi connectivity index (χ1v) is 13.2. The first-order valence-electron chi connectivity index (χ1n) is 13.2. The lowest BCUT2D eigenvalue weighted by Gasteiger charge is -2.55. The van der Waals surface area contributed by atoms with Gasteiger partial charge in [0.1, 0.15) is 11.7 Å². The maximum Gasteiger partial charge on any atom is 0.253 e. The SMILES string of the molecule is N=C(N)CN(Cc1ccc(C(=O)N2CC3(CCN(C4CCCCC4)CC3)C2)cc1)Cc1ncc[nH]1. The minimum atomic E-state index is 0.125. The average molecular weight is 478 g/mol. The molecule has 2 saturated heterocycles. The molecule has 1 amide bonds. The molecule has 0 bridgehead atoms. The van der Waals surface area contributed by atoms with Crippen molar-refractivity contribution in [2.24, 2.45) is 11.1 Å². The van der Waals surface area contributed by atoms with Crippen molar-refractivity contribution in [1.29, 1.82) is 5.41 Å². The van der Waals surface area contributed by atoms with Crippen LogP contribution in [0, 0.1) is 10.8 Å². The smallest absolute Gasteiger partial charge is 0.253 e. The third kappa shape index (κ3) is 5.76. The first-order chi connectivity index (χ1) is 17.0. The molecule has 35 heavy (non-hydrogen) atoms. The van der Waals surface area contributed by atoms with Crippen LogP contribution >= 0.6 is 0 Å². The standard InChI is InChI=1S/C27H39N7O/c28-24(29)17-32(18-25-30-12-13-31-25)16-21-6-8-22(9-7-21)26(35)34-19-27(20-34)10-14-33(15-11-27)23-4-2-1-3-5-23/h6-9,12-13,23H,1-5,10-11,14-20H2,(H3,28,29)(H,30,31). The maximum absolute atomic E-state index is 13.1. The lowest BCUT2D eigenvalue weighted by molar-refractivity contribution is -0.0423. The molecule has 1 aromatic carbocycles. The van der Waals surface area contributed by atoms with Gasteiger partial charge in [-0.3, -0.25) is 15.1 Å². The summed E-state index contributed by atoms with van der Waals surface area (Å²) in [5.74, 6) is 1.11. The van der Waals surface area contributed by atoms with Crippen molar-refractivity contribution >= 4 is 11.7 Å². The number of piperidine rings is 1. The highest BCUT2D eigenvalue weighted by Crippen LogP contribution is 2.42. The molecule has 3 fully saturated rings. The molecule has 0 atom stereocenters. The van der Waals surface area contributed by atoms with E-state index in [0.29, 0.717) is 25.0 Å². The number of H-pyrrole nitrogens is 1. The number of amidine groups is 1. The molecule has 2 aliphatic heterocycles. The Morgan fingerprint density at radius 2 is 1.83 bits per heavy atom. The second-order valence-corrected chi connectivity index (χ2v) is 10.9. The minimum Gasteiger partial charge on any atom is -0.387 e. The van der Waals surface area contributed by atoms with E-state index in [-0.39, 0.29) is 11.7 Å². The quantitative estimate of drug-likeness (QED) is 0.400. The van der Waals surface area contributed by atoms with Crippen LogP contribution in [0.15, 0.2) is 36.7 Å². The highest BCUT2D eigenvalue weighted by molar-refractivity contribution is 5.94. The summed E-state index contributed by atoms with van der Waals surface area (Å²) in [5, 5.41) is 7.68. The predicted molar refractivity (Wildman–Crippen MR) is 137 cm³/mol. The van der Waals surface area contributed by atoms with Crippen molar-refractivity contribution in [3.8, 4) is 0 Å². The van der Waals surface area contributed by atoms with Gasteiger partial charge in [0.05, 0.1) is 13.1 Å². The number of nitrogens with one attached hydrogen (secondary N) is 2. The highest BCUT2D eigenvalue weighted by atomic mass is 16.2. The Hall–Kier alpha value is -2.71. The Balaban J connectivity index is 1.12. The van der Waals surface area contributed by atoms with E-state index < -0.39 is 0 Å². The van der Waals surface area contributed by atoms with Gasteiger partial charge in [0.2, 0.25) is 0 Å². The molecule has 5 rings (SSSR count). The van der Waals surface area contributed by atoms with E-state index in [1.54, 1.807) is 12.4 Å². The van der Waals surface area contributed by atoms with Crippen LogP contribution in [0.1, 0.15) is 66.7 Å². The second kappa shape index (κ2) is 10.5. The number of imidazole rings is 1. The molecule has 0 unspecified atom stereocenters. The van der Waals surface area contributed by atoms with Crippen LogP contribution in [0.3, 0.4) is 0 Å². The van der Waals surface area contributed by atoms with Crippen LogP contribution in [0.5, 0.6) is 0 Å². The van der Waals surface area contributed by atoms with E-state index in [0.717, 1.165) is 36.1 Å². The van der Waals surface area contributed by atoms with E-state index in [1.165, 1.54) is 58.0 Å². The molecular formula is C27H39N7O. The summed E-state index contributed by atoms with van der Waals surface area (Å²) in [6, 6.07) is 8.71. The van der Waals surface area contributed by atoms with Crippen LogP contribution < -0.4 is 5.73 Å². The van der Waals surface area contributed by atoms with E-state index in [1.807, 2.05) is 29.2 Å². The average Bonchev–Trinajstić information content (AvgIpc) is 3.36. The maximum atomic E-state index is 13.1. The Morgan fingerprint density at radius 3 is 2.46 bits per heavy atom. The molecule has 1 aliphatic carbocycles. The Morgan fingerprint density at radius 1 is 1.11 bits per heavy atom. The molecule has 8 heteroatoms. The molecule has 188 valence electrons. The van der Waals surface area contributed by atoms with Gasteiger partial charge in [-0.15, -0.1) is 0 Å². The number of carbonyl (C=O) groups excluding carboxylic acids is 1. The van der Waals surface area contributed by atoms with Crippen LogP contribution in [-0.2, 0) is 13.1 Å². The molecule has 3 aliphatic rings. The van der Waals surface area contributed by atoms with Gasteiger partial charge in [-0.1, -0.05) is 31.4 Å². The van der Waals surface area contributed by atoms with Gasteiger partial charge < -0.3 is 20.5 Å².